The van der Waals surface area contributed by atoms with Crippen LogP contribution in [0.4, 0.5) is 0 Å². The van der Waals surface area contributed by atoms with E-state index in [9.17, 15) is 4.79 Å². The number of likely N-dealkylation sites (N-methyl/N-ethyl adjacent to an activating group) is 1. The molecule has 1 N–H and O–H groups in total. The van der Waals surface area contributed by atoms with Crippen LogP contribution in [0.2, 0.25) is 0 Å². The highest BCUT2D eigenvalue weighted by Crippen LogP contribution is 2.38. The smallest absolute Gasteiger partial charge is 0.243 e. The fraction of sp³-hybridized carbons (Fsp3) is 0.667. The number of halogens is 1. The summed E-state index contributed by atoms with van der Waals surface area (Å²) >= 11 is 0. The van der Waals surface area contributed by atoms with Crippen molar-refractivity contribution >= 4 is 35.8 Å². The Morgan fingerprint density at radius 2 is 2.27 bits per heavy atom. The molecule has 2 aliphatic rings. The summed E-state index contributed by atoms with van der Waals surface area (Å²) < 4.78 is 11.0. The van der Waals surface area contributed by atoms with Crippen molar-refractivity contribution < 1.29 is 13.9 Å². The molecule has 0 aromatic carbocycles. The van der Waals surface area contributed by atoms with Crippen molar-refractivity contribution in [2.75, 3.05) is 53.5 Å². The lowest BCUT2D eigenvalue weighted by molar-refractivity contribution is -0.127. The normalized spacial score (nSPS) is 22.5. The van der Waals surface area contributed by atoms with E-state index in [1.54, 1.807) is 25.3 Å². The standard InChI is InChI=1S/C18H28N4O3.HI/c1-21(2)16(23)12-20-17(19-8-5-15-4-3-10-25-15)22-9-6-18(13-22)7-11-24-14-18;/h3-4,10H,5-9,11-14H2,1-2H3,(H,19,20);1H. The first kappa shape index (κ1) is 21.0. The van der Waals surface area contributed by atoms with E-state index in [2.05, 4.69) is 15.2 Å². The van der Waals surface area contributed by atoms with Gasteiger partial charge in [-0.3, -0.25) is 4.79 Å². The average molecular weight is 476 g/mol. The summed E-state index contributed by atoms with van der Waals surface area (Å²) in [5, 5.41) is 3.40. The topological polar surface area (TPSA) is 70.3 Å². The van der Waals surface area contributed by atoms with Crippen LogP contribution in [0.1, 0.15) is 18.6 Å². The lowest BCUT2D eigenvalue weighted by Crippen LogP contribution is -2.43. The lowest BCUT2D eigenvalue weighted by atomic mass is 9.87. The average Bonchev–Trinajstić information content (AvgIpc) is 3.34. The molecule has 3 heterocycles. The first-order valence-electron chi connectivity index (χ1n) is 8.92. The van der Waals surface area contributed by atoms with E-state index in [0.29, 0.717) is 0 Å². The van der Waals surface area contributed by atoms with E-state index in [1.807, 2.05) is 12.1 Å². The molecule has 1 aromatic rings. The second-order valence-electron chi connectivity index (χ2n) is 7.16. The first-order chi connectivity index (χ1) is 12.1. The number of carbonyl (C=O) groups is 1. The molecule has 1 unspecified atom stereocenters. The molecule has 3 rings (SSSR count). The zero-order chi connectivity index (χ0) is 17.7. The van der Waals surface area contributed by atoms with E-state index in [1.165, 1.54) is 0 Å². The van der Waals surface area contributed by atoms with Gasteiger partial charge in [0.15, 0.2) is 5.96 Å². The highest BCUT2D eigenvalue weighted by atomic mass is 127. The molecule has 1 spiro atoms. The minimum Gasteiger partial charge on any atom is -0.469 e. The molecule has 0 aliphatic carbocycles. The lowest BCUT2D eigenvalue weighted by Gasteiger charge is -2.25. The minimum atomic E-state index is 0. The van der Waals surface area contributed by atoms with Crippen LogP contribution in [-0.4, -0.2) is 75.2 Å². The molecular formula is C18H29IN4O3. The van der Waals surface area contributed by atoms with E-state index in [0.717, 1.165) is 63.8 Å². The number of ether oxygens (including phenoxy) is 1. The molecule has 1 aromatic heterocycles. The number of furan rings is 1. The van der Waals surface area contributed by atoms with Gasteiger partial charge in [-0.15, -0.1) is 24.0 Å². The van der Waals surface area contributed by atoms with Crippen LogP contribution in [0.15, 0.2) is 27.8 Å². The molecule has 2 saturated heterocycles. The van der Waals surface area contributed by atoms with E-state index in [-0.39, 0.29) is 41.8 Å². The molecular weight excluding hydrogens is 447 g/mol. The van der Waals surface area contributed by atoms with Gasteiger partial charge in [0, 0.05) is 52.2 Å². The molecule has 1 atom stereocenters. The van der Waals surface area contributed by atoms with Crippen LogP contribution in [0, 0.1) is 5.41 Å². The number of amides is 1. The first-order valence-corrected chi connectivity index (χ1v) is 8.92. The number of hydrogen-bond acceptors (Lipinski definition) is 4. The van der Waals surface area contributed by atoms with Crippen molar-refractivity contribution in [3.63, 3.8) is 0 Å². The Balaban J connectivity index is 0.00000243. The van der Waals surface area contributed by atoms with Gasteiger partial charge in [-0.25, -0.2) is 4.99 Å². The van der Waals surface area contributed by atoms with Crippen molar-refractivity contribution in [3.05, 3.63) is 24.2 Å². The summed E-state index contributed by atoms with van der Waals surface area (Å²) in [5.74, 6) is 1.76. The van der Waals surface area contributed by atoms with Crippen LogP contribution in [0.25, 0.3) is 0 Å². The van der Waals surface area contributed by atoms with Crippen molar-refractivity contribution in [3.8, 4) is 0 Å². The van der Waals surface area contributed by atoms with Crippen molar-refractivity contribution in [2.45, 2.75) is 19.3 Å². The highest BCUT2D eigenvalue weighted by Gasteiger charge is 2.42. The Kier molecular flexibility index (Phi) is 7.75. The molecule has 7 nitrogen and oxygen atoms in total. The number of hydrogen-bond donors (Lipinski definition) is 1. The third kappa shape index (κ3) is 5.35. The fourth-order valence-electron chi connectivity index (χ4n) is 3.39. The van der Waals surface area contributed by atoms with Crippen molar-refractivity contribution in [1.82, 2.24) is 15.1 Å². The predicted octanol–water partition coefficient (Wildman–Crippen LogP) is 1.59. The molecule has 0 saturated carbocycles. The summed E-state index contributed by atoms with van der Waals surface area (Å²) in [6.07, 6.45) is 4.70. The van der Waals surface area contributed by atoms with Crippen LogP contribution in [0.3, 0.4) is 0 Å². The molecule has 2 aliphatic heterocycles. The number of rotatable bonds is 5. The molecule has 2 fully saturated rings. The van der Waals surface area contributed by atoms with Gasteiger partial charge in [-0.2, -0.15) is 0 Å². The SMILES string of the molecule is CN(C)C(=O)CN=C(NCCc1ccco1)N1CCC2(CCOC2)C1.I. The maximum atomic E-state index is 11.9. The minimum absolute atomic E-state index is 0. The number of guanidine groups is 1. The third-order valence-corrected chi connectivity index (χ3v) is 5.02. The third-order valence-electron chi connectivity index (χ3n) is 5.02. The zero-order valence-corrected chi connectivity index (χ0v) is 17.9. The van der Waals surface area contributed by atoms with Gasteiger partial charge in [0.25, 0.3) is 0 Å². The summed E-state index contributed by atoms with van der Waals surface area (Å²) in [6.45, 7) is 4.46. The van der Waals surface area contributed by atoms with Gasteiger partial charge in [0.2, 0.25) is 5.91 Å². The van der Waals surface area contributed by atoms with Gasteiger partial charge >= 0.3 is 0 Å². The van der Waals surface area contributed by atoms with Gasteiger partial charge in [-0.05, 0) is 25.0 Å². The van der Waals surface area contributed by atoms with Crippen LogP contribution in [-0.2, 0) is 16.0 Å². The number of carbonyl (C=O) groups excluding carboxylic acids is 1. The Labute approximate surface area is 172 Å². The molecule has 0 bridgehead atoms. The number of nitrogens with zero attached hydrogens (tertiary/aromatic N) is 3. The van der Waals surface area contributed by atoms with Crippen molar-refractivity contribution in [2.24, 2.45) is 10.4 Å². The van der Waals surface area contributed by atoms with E-state index in [4.69, 9.17) is 9.15 Å². The quantitative estimate of drug-likeness (QED) is 0.397. The largest absolute Gasteiger partial charge is 0.469 e. The summed E-state index contributed by atoms with van der Waals surface area (Å²) in [6, 6.07) is 3.86. The van der Waals surface area contributed by atoms with Crippen molar-refractivity contribution in [1.29, 1.82) is 0 Å². The van der Waals surface area contributed by atoms with E-state index < -0.39 is 0 Å². The van der Waals surface area contributed by atoms with Gasteiger partial charge in [0.05, 0.1) is 12.9 Å². The zero-order valence-electron chi connectivity index (χ0n) is 15.6. The molecule has 0 radical (unpaired) electrons. The van der Waals surface area contributed by atoms with E-state index >= 15 is 0 Å². The van der Waals surface area contributed by atoms with Crippen LogP contribution in [0.5, 0.6) is 0 Å². The Bertz CT molecular complexity index is 598. The molecule has 1 amide bonds. The summed E-state index contributed by atoms with van der Waals surface area (Å²) in [4.78, 5) is 20.3. The Hall–Kier alpha value is -1.29. The summed E-state index contributed by atoms with van der Waals surface area (Å²) in [7, 11) is 3.51. The number of likely N-dealkylation sites (tertiary alicyclic amines) is 1. The van der Waals surface area contributed by atoms with Gasteiger partial charge in [0.1, 0.15) is 12.3 Å². The number of aliphatic imine (C=N–C) groups is 1. The Morgan fingerprint density at radius 3 is 2.92 bits per heavy atom. The molecule has 146 valence electrons. The monoisotopic (exact) mass is 476 g/mol. The molecule has 8 heteroatoms. The van der Waals surface area contributed by atoms with Gasteiger partial charge in [-0.1, -0.05) is 0 Å². The second kappa shape index (κ2) is 9.59. The van der Waals surface area contributed by atoms with Crippen LogP contribution < -0.4 is 5.32 Å². The fourth-order valence-corrected chi connectivity index (χ4v) is 3.39. The Morgan fingerprint density at radius 1 is 1.42 bits per heavy atom. The molecule has 26 heavy (non-hydrogen) atoms. The van der Waals surface area contributed by atoms with Gasteiger partial charge < -0.3 is 24.3 Å². The predicted molar refractivity (Wildman–Crippen MR) is 111 cm³/mol. The maximum Gasteiger partial charge on any atom is 0.243 e. The second-order valence-corrected chi connectivity index (χ2v) is 7.16. The maximum absolute atomic E-state index is 11.9. The highest BCUT2D eigenvalue weighted by molar-refractivity contribution is 14.0. The van der Waals surface area contributed by atoms with Crippen LogP contribution >= 0.6 is 24.0 Å². The number of nitrogens with one attached hydrogen (secondary N) is 1. The summed E-state index contributed by atoms with van der Waals surface area (Å²) in [5.41, 5.74) is 0.259.